The number of carbonyl (C=O) groups excluding carboxylic acids is 3. The number of halogens is 1. The van der Waals surface area contributed by atoms with Crippen molar-refractivity contribution in [2.24, 2.45) is 0 Å². The molecule has 252 valence electrons. The van der Waals surface area contributed by atoms with Crippen LogP contribution in [0.15, 0.2) is 150 Å². The van der Waals surface area contributed by atoms with E-state index >= 15 is 0 Å². The smallest absolute Gasteiger partial charge is 0.261 e. The quantitative estimate of drug-likeness (QED) is 0.0604. The topological polar surface area (TPSA) is 54.5 Å². The lowest BCUT2D eigenvalue weighted by Crippen LogP contribution is -2.41. The number of rotatable bonds is 10. The molecule has 0 unspecified atom stereocenters. The van der Waals surface area contributed by atoms with Crippen molar-refractivity contribution in [3.05, 3.63) is 161 Å². The third-order valence-corrected chi connectivity index (χ3v) is 16.1. The molecule has 1 heterocycles. The van der Waals surface area contributed by atoms with Crippen LogP contribution in [-0.2, 0) is 4.79 Å². The molecular weight excluding hydrogens is 725 g/mol. The fourth-order valence-electron chi connectivity index (χ4n) is 8.46. The largest absolute Gasteiger partial charge is 0.300 e. The van der Waals surface area contributed by atoms with Crippen LogP contribution < -0.4 is 15.9 Å². The van der Waals surface area contributed by atoms with Crippen LogP contribution in [0.2, 0.25) is 0 Å². The first kappa shape index (κ1) is 32.7. The summed E-state index contributed by atoms with van der Waals surface area (Å²) >= 11 is 3.72. The fourth-order valence-corrected chi connectivity index (χ4v) is 13.3. The summed E-state index contributed by atoms with van der Waals surface area (Å²) in [5.74, 6) is -0.619. The Balaban J connectivity index is 0.981. The van der Waals surface area contributed by atoms with Gasteiger partial charge in [0.05, 0.1) is 6.16 Å². The highest BCUT2D eigenvalue weighted by Gasteiger charge is 2.44. The van der Waals surface area contributed by atoms with Crippen molar-refractivity contribution in [2.45, 2.75) is 19.3 Å². The molecule has 2 amide bonds. The number of carbonyl (C=O) groups is 3. The van der Waals surface area contributed by atoms with E-state index in [1.54, 1.807) is 0 Å². The van der Waals surface area contributed by atoms with Crippen molar-refractivity contribution in [3.63, 3.8) is 0 Å². The molecule has 0 fully saturated rings. The fraction of sp³-hybridized carbons (Fsp3) is 0.109. The summed E-state index contributed by atoms with van der Waals surface area (Å²) < 4.78 is 1.03. The van der Waals surface area contributed by atoms with Gasteiger partial charge < -0.3 is 0 Å². The van der Waals surface area contributed by atoms with Crippen LogP contribution in [0.5, 0.6) is 0 Å². The van der Waals surface area contributed by atoms with Gasteiger partial charge in [0.1, 0.15) is 29.0 Å². The molecule has 0 radical (unpaired) electrons. The number of benzene rings is 8. The summed E-state index contributed by atoms with van der Waals surface area (Å²) in [5.41, 5.74) is 1.03. The maximum absolute atomic E-state index is 14.0. The van der Waals surface area contributed by atoms with Crippen molar-refractivity contribution < 1.29 is 14.4 Å². The van der Waals surface area contributed by atoms with E-state index in [2.05, 4.69) is 119 Å². The highest BCUT2D eigenvalue weighted by Crippen LogP contribution is 2.56. The lowest BCUT2D eigenvalue weighted by atomic mass is 9.85. The molecule has 6 heteroatoms. The monoisotopic (exact) mass is 758 g/mol. The second-order valence-electron chi connectivity index (χ2n) is 13.6. The molecule has 0 saturated carbocycles. The Morgan fingerprint density at radius 2 is 0.981 bits per heavy atom. The van der Waals surface area contributed by atoms with Gasteiger partial charge in [-0.05, 0) is 98.7 Å². The summed E-state index contributed by atoms with van der Waals surface area (Å²) in [4.78, 5) is 42.9. The van der Waals surface area contributed by atoms with E-state index in [-0.39, 0.29) is 30.6 Å². The first-order chi connectivity index (χ1) is 25.5. The lowest BCUT2D eigenvalue weighted by Gasteiger charge is -2.28. The Labute approximate surface area is 310 Å². The van der Waals surface area contributed by atoms with Crippen LogP contribution in [0.1, 0.15) is 40.0 Å². The average Bonchev–Trinajstić information content (AvgIpc) is 3.19. The molecular formula is C46H34BrNO3P+. The van der Waals surface area contributed by atoms with E-state index in [1.165, 1.54) is 20.8 Å². The van der Waals surface area contributed by atoms with E-state index in [9.17, 15) is 14.4 Å². The van der Waals surface area contributed by atoms with Crippen LogP contribution in [0.3, 0.4) is 0 Å². The van der Waals surface area contributed by atoms with E-state index in [0.717, 1.165) is 48.3 Å². The highest BCUT2D eigenvalue weighted by atomic mass is 79.9. The standard InChI is InChI=1S/C46H34BrNO3P/c47-41-26-25-35-37-22-24-40-44-39(23-21-36(43(37)44)34-19-10-20-38(41)42(34)35)45(50)48(46(40)51)28-27-30(49)12-11-29-52(31-13-4-1-5-14-31,32-15-6-2-7-16-32)33-17-8-3-9-18-33/h1-10,13-26H,11-12,27-29H2/q+1. The summed E-state index contributed by atoms with van der Waals surface area (Å²) in [6.07, 6.45) is 2.05. The number of ketones is 1. The van der Waals surface area contributed by atoms with Gasteiger partial charge in [0.15, 0.2) is 0 Å². The minimum atomic E-state index is -2.05. The van der Waals surface area contributed by atoms with Crippen molar-refractivity contribution in [3.8, 4) is 0 Å². The van der Waals surface area contributed by atoms with Crippen LogP contribution in [0.25, 0.3) is 43.1 Å². The Bertz CT molecular complexity index is 2510. The van der Waals surface area contributed by atoms with Gasteiger partial charge in [-0.1, -0.05) is 107 Å². The molecule has 0 atom stereocenters. The van der Waals surface area contributed by atoms with E-state index in [4.69, 9.17) is 0 Å². The third kappa shape index (κ3) is 5.10. The number of imide groups is 1. The van der Waals surface area contributed by atoms with Crippen molar-refractivity contribution in [1.29, 1.82) is 0 Å². The molecule has 0 bridgehead atoms. The summed E-state index contributed by atoms with van der Waals surface area (Å²) in [5, 5.41) is 12.0. The summed E-state index contributed by atoms with van der Waals surface area (Å²) in [6.45, 7) is 0.0629. The predicted octanol–water partition coefficient (Wildman–Crippen LogP) is 9.83. The molecule has 0 spiro atoms. The van der Waals surface area contributed by atoms with Gasteiger partial charge in [0.25, 0.3) is 11.8 Å². The second kappa shape index (κ2) is 13.1. The molecule has 4 nitrogen and oxygen atoms in total. The van der Waals surface area contributed by atoms with Gasteiger partial charge in [0.2, 0.25) is 0 Å². The zero-order valence-corrected chi connectivity index (χ0v) is 30.9. The average molecular weight is 760 g/mol. The molecule has 0 aromatic heterocycles. The molecule has 8 aromatic rings. The number of Topliss-reactive ketones (excluding diaryl/α,β-unsaturated/α-hetero) is 1. The number of hydrogen-bond donors (Lipinski definition) is 0. The summed E-state index contributed by atoms with van der Waals surface area (Å²) in [6, 6.07) is 50.2. The molecule has 8 aromatic carbocycles. The minimum absolute atomic E-state index is 0.0554. The molecule has 0 N–H and O–H groups in total. The van der Waals surface area contributed by atoms with Crippen LogP contribution >= 0.6 is 23.2 Å². The third-order valence-electron chi connectivity index (χ3n) is 10.8. The van der Waals surface area contributed by atoms with Crippen molar-refractivity contribution in [1.82, 2.24) is 4.90 Å². The Morgan fingerprint density at radius 3 is 1.54 bits per heavy atom. The SMILES string of the molecule is O=C(CCC[P+](c1ccccc1)(c1ccccc1)c1ccccc1)CCN1C(=O)c2ccc3c4cccc5c(Br)ccc(c6ccc(c2c36)C1=O)c54. The van der Waals surface area contributed by atoms with Gasteiger partial charge in [0, 0.05) is 40.4 Å². The molecule has 9 rings (SSSR count). The second-order valence-corrected chi connectivity index (χ2v) is 18.1. The zero-order valence-electron chi connectivity index (χ0n) is 28.4. The van der Waals surface area contributed by atoms with E-state index in [1.807, 2.05) is 42.5 Å². The number of hydrogen-bond acceptors (Lipinski definition) is 3. The van der Waals surface area contributed by atoms with E-state index < -0.39 is 7.26 Å². The lowest BCUT2D eigenvalue weighted by molar-refractivity contribution is -0.119. The molecule has 1 aliphatic rings. The number of amides is 2. The van der Waals surface area contributed by atoms with Crippen molar-refractivity contribution >= 4 is 99.8 Å². The van der Waals surface area contributed by atoms with Crippen LogP contribution in [-0.4, -0.2) is 35.2 Å². The molecule has 0 aliphatic carbocycles. The van der Waals surface area contributed by atoms with Gasteiger partial charge in [-0.3, -0.25) is 19.3 Å². The van der Waals surface area contributed by atoms with Crippen molar-refractivity contribution in [2.75, 3.05) is 12.7 Å². The van der Waals surface area contributed by atoms with Gasteiger partial charge in [-0.2, -0.15) is 0 Å². The normalized spacial score (nSPS) is 13.2. The number of fused-ring (bicyclic) bond motifs is 2. The Hall–Kier alpha value is -5.22. The zero-order chi connectivity index (χ0) is 35.4. The first-order valence-corrected chi connectivity index (χ1v) is 20.5. The van der Waals surface area contributed by atoms with Crippen LogP contribution in [0.4, 0.5) is 0 Å². The van der Waals surface area contributed by atoms with E-state index in [0.29, 0.717) is 29.4 Å². The van der Waals surface area contributed by atoms with Gasteiger partial charge in [-0.15, -0.1) is 0 Å². The van der Waals surface area contributed by atoms with Crippen LogP contribution in [0, 0.1) is 0 Å². The Kier molecular flexibility index (Phi) is 8.22. The maximum atomic E-state index is 14.0. The maximum Gasteiger partial charge on any atom is 0.261 e. The Morgan fingerprint density at radius 1 is 0.500 bits per heavy atom. The van der Waals surface area contributed by atoms with Gasteiger partial charge >= 0.3 is 0 Å². The number of nitrogens with zero attached hydrogens (tertiary/aromatic N) is 1. The highest BCUT2D eigenvalue weighted by molar-refractivity contribution is 9.10. The predicted molar refractivity (Wildman–Crippen MR) is 220 cm³/mol. The molecule has 1 aliphatic heterocycles. The molecule has 52 heavy (non-hydrogen) atoms. The first-order valence-electron chi connectivity index (χ1n) is 17.7. The molecule has 0 saturated heterocycles. The summed E-state index contributed by atoms with van der Waals surface area (Å²) in [7, 11) is -2.05. The minimum Gasteiger partial charge on any atom is -0.300 e. The van der Waals surface area contributed by atoms with Gasteiger partial charge in [-0.25, -0.2) is 0 Å².